The first kappa shape index (κ1) is 12.5. The summed E-state index contributed by atoms with van der Waals surface area (Å²) in [6.45, 7) is 3.60. The third-order valence-electron chi connectivity index (χ3n) is 2.48. The van der Waals surface area contributed by atoms with Crippen LogP contribution in [-0.4, -0.2) is 18.4 Å². The highest BCUT2D eigenvalue weighted by molar-refractivity contribution is 7.92. The van der Waals surface area contributed by atoms with E-state index in [2.05, 4.69) is 14.7 Å². The first-order chi connectivity index (χ1) is 8.49. The zero-order valence-corrected chi connectivity index (χ0v) is 10.9. The Kier molecular flexibility index (Phi) is 3.29. The lowest BCUT2D eigenvalue weighted by atomic mass is 10.3. The van der Waals surface area contributed by atoms with Gasteiger partial charge in [-0.1, -0.05) is 18.2 Å². The van der Waals surface area contributed by atoms with Crippen LogP contribution < -0.4 is 4.72 Å². The standard InChI is InChI=1S/C12H13N3O2S/c1-9-10(2)14-12(8-13-9)15-18(16,17)11-6-4-3-5-7-11/h3-8H,1-2H3,(H,14,15). The first-order valence-corrected chi connectivity index (χ1v) is 6.85. The molecule has 2 aromatic rings. The summed E-state index contributed by atoms with van der Waals surface area (Å²) in [5.74, 6) is 0.224. The Balaban J connectivity index is 2.31. The Morgan fingerprint density at radius 2 is 1.72 bits per heavy atom. The second-order valence-electron chi connectivity index (χ2n) is 3.84. The molecule has 1 heterocycles. The molecule has 1 N–H and O–H groups in total. The SMILES string of the molecule is Cc1ncc(NS(=O)(=O)c2ccccc2)nc1C. The number of hydrogen-bond acceptors (Lipinski definition) is 4. The molecule has 0 atom stereocenters. The van der Waals surface area contributed by atoms with Crippen LogP contribution in [0.4, 0.5) is 5.82 Å². The van der Waals surface area contributed by atoms with Crippen molar-refractivity contribution < 1.29 is 8.42 Å². The van der Waals surface area contributed by atoms with E-state index in [0.29, 0.717) is 5.69 Å². The summed E-state index contributed by atoms with van der Waals surface area (Å²) in [4.78, 5) is 8.40. The Hall–Kier alpha value is -1.95. The molecule has 94 valence electrons. The molecule has 2 rings (SSSR count). The number of rotatable bonds is 3. The van der Waals surface area contributed by atoms with Crippen molar-refractivity contribution in [2.24, 2.45) is 0 Å². The van der Waals surface area contributed by atoms with Crippen molar-refractivity contribution in [1.82, 2.24) is 9.97 Å². The minimum Gasteiger partial charge on any atom is -0.262 e. The number of aromatic nitrogens is 2. The Morgan fingerprint density at radius 3 is 2.33 bits per heavy atom. The molecule has 0 aliphatic heterocycles. The quantitative estimate of drug-likeness (QED) is 0.918. The van der Waals surface area contributed by atoms with Gasteiger partial charge in [0.1, 0.15) is 0 Å². The average molecular weight is 263 g/mol. The summed E-state index contributed by atoms with van der Waals surface area (Å²) in [5.41, 5.74) is 1.47. The molecule has 0 aliphatic rings. The normalized spacial score (nSPS) is 11.2. The molecular formula is C12H13N3O2S. The van der Waals surface area contributed by atoms with E-state index in [1.165, 1.54) is 18.3 Å². The van der Waals surface area contributed by atoms with E-state index in [0.717, 1.165) is 5.69 Å². The van der Waals surface area contributed by atoms with Crippen molar-refractivity contribution >= 4 is 15.8 Å². The van der Waals surface area contributed by atoms with E-state index < -0.39 is 10.0 Å². The number of nitrogens with one attached hydrogen (secondary N) is 1. The number of benzene rings is 1. The lowest BCUT2D eigenvalue weighted by Crippen LogP contribution is -2.14. The maximum atomic E-state index is 12.0. The van der Waals surface area contributed by atoms with Gasteiger partial charge < -0.3 is 0 Å². The fourth-order valence-corrected chi connectivity index (χ4v) is 2.39. The highest BCUT2D eigenvalue weighted by Crippen LogP contribution is 2.14. The van der Waals surface area contributed by atoms with Crippen molar-refractivity contribution in [2.75, 3.05) is 4.72 Å². The Morgan fingerprint density at radius 1 is 1.06 bits per heavy atom. The van der Waals surface area contributed by atoms with Crippen LogP contribution in [0.3, 0.4) is 0 Å². The number of nitrogens with zero attached hydrogens (tertiary/aromatic N) is 2. The van der Waals surface area contributed by atoms with Crippen LogP contribution >= 0.6 is 0 Å². The van der Waals surface area contributed by atoms with Gasteiger partial charge in [0, 0.05) is 0 Å². The summed E-state index contributed by atoms with van der Waals surface area (Å²) in [5, 5.41) is 0. The first-order valence-electron chi connectivity index (χ1n) is 5.37. The molecule has 0 aliphatic carbocycles. The van der Waals surface area contributed by atoms with Crippen LogP contribution in [0.1, 0.15) is 11.4 Å². The van der Waals surface area contributed by atoms with Crippen LogP contribution in [0.15, 0.2) is 41.4 Å². The van der Waals surface area contributed by atoms with Crippen LogP contribution in [0.25, 0.3) is 0 Å². The highest BCUT2D eigenvalue weighted by atomic mass is 32.2. The molecule has 6 heteroatoms. The van der Waals surface area contributed by atoms with Gasteiger partial charge in [0.05, 0.1) is 22.5 Å². The molecule has 0 saturated heterocycles. The van der Waals surface area contributed by atoms with Crippen LogP contribution in [-0.2, 0) is 10.0 Å². The van der Waals surface area contributed by atoms with Gasteiger partial charge in [-0.25, -0.2) is 13.4 Å². The van der Waals surface area contributed by atoms with Crippen LogP contribution in [0.2, 0.25) is 0 Å². The van der Waals surface area contributed by atoms with Crippen molar-refractivity contribution in [3.05, 3.63) is 47.9 Å². The van der Waals surface area contributed by atoms with E-state index >= 15 is 0 Å². The molecule has 0 bridgehead atoms. The summed E-state index contributed by atoms with van der Waals surface area (Å²) in [7, 11) is -3.60. The third kappa shape index (κ3) is 2.65. The third-order valence-corrected chi connectivity index (χ3v) is 3.86. The summed E-state index contributed by atoms with van der Waals surface area (Å²) in [6.07, 6.45) is 1.41. The van der Waals surface area contributed by atoms with Gasteiger partial charge in [0.15, 0.2) is 5.82 Å². The number of anilines is 1. The predicted octanol–water partition coefficient (Wildman–Crippen LogP) is 1.89. The van der Waals surface area contributed by atoms with E-state index in [-0.39, 0.29) is 10.7 Å². The lowest BCUT2D eigenvalue weighted by molar-refractivity contribution is 0.601. The van der Waals surface area contributed by atoms with Gasteiger partial charge in [-0.15, -0.1) is 0 Å². The Labute approximate surface area is 106 Å². The van der Waals surface area contributed by atoms with Gasteiger partial charge in [-0.3, -0.25) is 9.71 Å². The number of sulfonamides is 1. The average Bonchev–Trinajstić information content (AvgIpc) is 2.35. The summed E-state index contributed by atoms with van der Waals surface area (Å²) in [6, 6.07) is 8.14. The molecule has 18 heavy (non-hydrogen) atoms. The second kappa shape index (κ2) is 4.73. The number of aryl methyl sites for hydroxylation is 2. The van der Waals surface area contributed by atoms with Crippen molar-refractivity contribution in [1.29, 1.82) is 0 Å². The van der Waals surface area contributed by atoms with E-state index in [9.17, 15) is 8.42 Å². The van der Waals surface area contributed by atoms with Gasteiger partial charge in [-0.2, -0.15) is 0 Å². The Bertz CT molecular complexity index is 654. The van der Waals surface area contributed by atoms with E-state index in [1.807, 2.05) is 6.92 Å². The van der Waals surface area contributed by atoms with Crippen LogP contribution in [0, 0.1) is 13.8 Å². The van der Waals surface area contributed by atoms with E-state index in [1.54, 1.807) is 25.1 Å². The lowest BCUT2D eigenvalue weighted by Gasteiger charge is -2.08. The van der Waals surface area contributed by atoms with Crippen LogP contribution in [0.5, 0.6) is 0 Å². The van der Waals surface area contributed by atoms with Crippen molar-refractivity contribution in [2.45, 2.75) is 18.7 Å². The molecule has 0 fully saturated rings. The molecule has 1 aromatic heterocycles. The van der Waals surface area contributed by atoms with Crippen molar-refractivity contribution in [3.63, 3.8) is 0 Å². The maximum Gasteiger partial charge on any atom is 0.263 e. The number of hydrogen-bond donors (Lipinski definition) is 1. The molecule has 0 unspecified atom stereocenters. The molecular weight excluding hydrogens is 250 g/mol. The predicted molar refractivity (Wildman–Crippen MR) is 68.8 cm³/mol. The molecule has 0 radical (unpaired) electrons. The molecule has 0 amide bonds. The largest absolute Gasteiger partial charge is 0.263 e. The molecule has 1 aromatic carbocycles. The molecule has 0 saturated carbocycles. The minimum atomic E-state index is -3.60. The smallest absolute Gasteiger partial charge is 0.262 e. The van der Waals surface area contributed by atoms with E-state index in [4.69, 9.17) is 0 Å². The van der Waals surface area contributed by atoms with Gasteiger partial charge in [0.2, 0.25) is 0 Å². The highest BCUT2D eigenvalue weighted by Gasteiger charge is 2.14. The topological polar surface area (TPSA) is 72.0 Å². The fraction of sp³-hybridized carbons (Fsp3) is 0.167. The summed E-state index contributed by atoms with van der Waals surface area (Å²) < 4.78 is 26.4. The zero-order chi connectivity index (χ0) is 13.2. The van der Waals surface area contributed by atoms with Gasteiger partial charge in [-0.05, 0) is 26.0 Å². The fourth-order valence-electron chi connectivity index (χ4n) is 1.39. The van der Waals surface area contributed by atoms with Gasteiger partial charge in [0.25, 0.3) is 10.0 Å². The van der Waals surface area contributed by atoms with Gasteiger partial charge >= 0.3 is 0 Å². The second-order valence-corrected chi connectivity index (χ2v) is 5.53. The molecule has 0 spiro atoms. The van der Waals surface area contributed by atoms with Crippen molar-refractivity contribution in [3.8, 4) is 0 Å². The minimum absolute atomic E-state index is 0.199. The molecule has 5 nitrogen and oxygen atoms in total. The summed E-state index contributed by atoms with van der Waals surface area (Å²) >= 11 is 0. The monoisotopic (exact) mass is 263 g/mol. The maximum absolute atomic E-state index is 12.0. The zero-order valence-electron chi connectivity index (χ0n) is 10.1.